The summed E-state index contributed by atoms with van der Waals surface area (Å²) in [4.78, 5) is 15.4. The maximum atomic E-state index is 11.4. The molecule has 0 saturated carbocycles. The molecule has 4 nitrogen and oxygen atoms in total. The topological polar surface area (TPSA) is 56.0 Å². The van der Waals surface area contributed by atoms with E-state index in [1.165, 1.54) is 0 Å². The first-order valence-corrected chi connectivity index (χ1v) is 6.81. The van der Waals surface area contributed by atoms with Crippen molar-refractivity contribution in [3.8, 4) is 11.3 Å². The summed E-state index contributed by atoms with van der Waals surface area (Å²) in [6, 6.07) is 7.72. The monoisotopic (exact) mass is 270 g/mol. The van der Waals surface area contributed by atoms with Crippen LogP contribution in [0.1, 0.15) is 30.5 Å². The molecule has 1 aromatic carbocycles. The highest BCUT2D eigenvalue weighted by atomic mass is 16.6. The van der Waals surface area contributed by atoms with Crippen LogP contribution < -0.4 is 0 Å². The standard InChI is InChI=1S/C16H18N2O2/c1-4-12-7-6-8-13(5-2)14(12)15-16(18(19)20)11(3)9-10-17-15/h6-10H,4-5H2,1-3H3. The molecular weight excluding hydrogens is 252 g/mol. The number of aromatic nitrogens is 1. The van der Waals surface area contributed by atoms with Crippen molar-refractivity contribution in [2.75, 3.05) is 0 Å². The fourth-order valence-corrected chi connectivity index (χ4v) is 2.51. The number of hydrogen-bond donors (Lipinski definition) is 0. The fourth-order valence-electron chi connectivity index (χ4n) is 2.51. The Hall–Kier alpha value is -2.23. The first-order valence-electron chi connectivity index (χ1n) is 6.81. The van der Waals surface area contributed by atoms with E-state index in [0.29, 0.717) is 11.3 Å². The molecule has 20 heavy (non-hydrogen) atoms. The van der Waals surface area contributed by atoms with E-state index < -0.39 is 0 Å². The molecule has 0 aliphatic carbocycles. The average Bonchev–Trinajstić information content (AvgIpc) is 2.45. The summed E-state index contributed by atoms with van der Waals surface area (Å²) >= 11 is 0. The second-order valence-electron chi connectivity index (χ2n) is 4.74. The number of aryl methyl sites for hydroxylation is 3. The van der Waals surface area contributed by atoms with Crippen LogP contribution in [0.2, 0.25) is 0 Å². The van der Waals surface area contributed by atoms with Crippen LogP contribution in [0.3, 0.4) is 0 Å². The second-order valence-corrected chi connectivity index (χ2v) is 4.74. The Morgan fingerprint density at radius 2 is 1.75 bits per heavy atom. The lowest BCUT2D eigenvalue weighted by Gasteiger charge is -2.13. The predicted octanol–water partition coefficient (Wildman–Crippen LogP) is 4.09. The molecule has 0 saturated heterocycles. The van der Waals surface area contributed by atoms with Crippen LogP contribution in [-0.4, -0.2) is 9.91 Å². The van der Waals surface area contributed by atoms with Gasteiger partial charge in [-0.05, 0) is 37.0 Å². The minimum atomic E-state index is -0.330. The number of benzene rings is 1. The van der Waals surface area contributed by atoms with Gasteiger partial charge in [0.2, 0.25) is 0 Å². The Morgan fingerprint density at radius 3 is 2.25 bits per heavy atom. The molecule has 0 spiro atoms. The molecule has 1 heterocycles. The Morgan fingerprint density at radius 1 is 1.15 bits per heavy atom. The number of nitrogens with zero attached hydrogens (tertiary/aromatic N) is 2. The quantitative estimate of drug-likeness (QED) is 0.621. The van der Waals surface area contributed by atoms with Crippen LogP contribution in [0, 0.1) is 17.0 Å². The molecule has 2 aromatic rings. The van der Waals surface area contributed by atoms with Gasteiger partial charge < -0.3 is 0 Å². The van der Waals surface area contributed by atoms with Crippen molar-refractivity contribution >= 4 is 5.69 Å². The number of nitro groups is 1. The molecule has 0 bridgehead atoms. The van der Waals surface area contributed by atoms with Crippen molar-refractivity contribution in [2.45, 2.75) is 33.6 Å². The Balaban J connectivity index is 2.81. The summed E-state index contributed by atoms with van der Waals surface area (Å²) in [5.41, 5.74) is 4.38. The lowest BCUT2D eigenvalue weighted by Crippen LogP contribution is -2.02. The van der Waals surface area contributed by atoms with E-state index in [1.54, 1.807) is 19.2 Å². The van der Waals surface area contributed by atoms with E-state index in [-0.39, 0.29) is 10.6 Å². The predicted molar refractivity (Wildman–Crippen MR) is 79.8 cm³/mol. The zero-order chi connectivity index (χ0) is 14.7. The molecule has 4 heteroatoms. The van der Waals surface area contributed by atoms with E-state index in [0.717, 1.165) is 29.5 Å². The summed E-state index contributed by atoms with van der Waals surface area (Å²) in [5, 5.41) is 11.4. The van der Waals surface area contributed by atoms with E-state index in [1.807, 2.05) is 18.2 Å². The first-order chi connectivity index (χ1) is 9.60. The highest BCUT2D eigenvalue weighted by Crippen LogP contribution is 2.35. The molecule has 104 valence electrons. The maximum absolute atomic E-state index is 11.4. The zero-order valence-corrected chi connectivity index (χ0v) is 12.0. The van der Waals surface area contributed by atoms with Crippen LogP contribution in [-0.2, 0) is 12.8 Å². The van der Waals surface area contributed by atoms with Gasteiger partial charge in [-0.3, -0.25) is 10.1 Å². The van der Waals surface area contributed by atoms with Gasteiger partial charge >= 0.3 is 0 Å². The summed E-state index contributed by atoms with van der Waals surface area (Å²) in [5.74, 6) is 0. The SMILES string of the molecule is CCc1cccc(CC)c1-c1nccc(C)c1[N+](=O)[O-]. The van der Waals surface area contributed by atoms with Crippen molar-refractivity contribution in [3.05, 3.63) is 57.3 Å². The summed E-state index contributed by atoms with van der Waals surface area (Å²) in [6.45, 7) is 5.86. The van der Waals surface area contributed by atoms with E-state index in [2.05, 4.69) is 18.8 Å². The Kier molecular flexibility index (Phi) is 4.13. The molecular formula is C16H18N2O2. The first kappa shape index (κ1) is 14.2. The van der Waals surface area contributed by atoms with Gasteiger partial charge in [-0.1, -0.05) is 32.0 Å². The van der Waals surface area contributed by atoms with Crippen LogP contribution in [0.5, 0.6) is 0 Å². The van der Waals surface area contributed by atoms with Gasteiger partial charge in [0.1, 0.15) is 5.69 Å². The van der Waals surface area contributed by atoms with Gasteiger partial charge in [0, 0.05) is 17.3 Å². The second kappa shape index (κ2) is 5.82. The molecule has 0 amide bonds. The van der Waals surface area contributed by atoms with Gasteiger partial charge in [-0.15, -0.1) is 0 Å². The summed E-state index contributed by atoms with van der Waals surface area (Å²) in [6.07, 6.45) is 3.30. The van der Waals surface area contributed by atoms with Gasteiger partial charge in [0.15, 0.2) is 0 Å². The van der Waals surface area contributed by atoms with Crippen molar-refractivity contribution in [1.82, 2.24) is 4.98 Å². The van der Waals surface area contributed by atoms with Gasteiger partial charge in [-0.2, -0.15) is 0 Å². The van der Waals surface area contributed by atoms with Crippen molar-refractivity contribution in [3.63, 3.8) is 0 Å². The minimum Gasteiger partial charge on any atom is -0.258 e. The molecule has 0 unspecified atom stereocenters. The summed E-state index contributed by atoms with van der Waals surface area (Å²) in [7, 11) is 0. The smallest absolute Gasteiger partial charge is 0.258 e. The van der Waals surface area contributed by atoms with E-state index in [4.69, 9.17) is 0 Å². The highest BCUT2D eigenvalue weighted by molar-refractivity contribution is 5.76. The fraction of sp³-hybridized carbons (Fsp3) is 0.312. The third-order valence-corrected chi connectivity index (χ3v) is 3.54. The number of pyridine rings is 1. The van der Waals surface area contributed by atoms with E-state index >= 15 is 0 Å². The lowest BCUT2D eigenvalue weighted by molar-refractivity contribution is -0.385. The van der Waals surface area contributed by atoms with Gasteiger partial charge in [0.25, 0.3) is 5.69 Å². The van der Waals surface area contributed by atoms with Crippen molar-refractivity contribution in [1.29, 1.82) is 0 Å². The number of rotatable bonds is 4. The largest absolute Gasteiger partial charge is 0.298 e. The van der Waals surface area contributed by atoms with Crippen molar-refractivity contribution in [2.24, 2.45) is 0 Å². The molecule has 0 radical (unpaired) electrons. The summed E-state index contributed by atoms with van der Waals surface area (Å²) < 4.78 is 0. The molecule has 0 fully saturated rings. The molecule has 0 atom stereocenters. The van der Waals surface area contributed by atoms with Gasteiger partial charge in [-0.25, -0.2) is 4.98 Å². The third kappa shape index (κ3) is 2.41. The van der Waals surface area contributed by atoms with E-state index in [9.17, 15) is 10.1 Å². The minimum absolute atomic E-state index is 0.114. The zero-order valence-electron chi connectivity index (χ0n) is 12.0. The maximum Gasteiger partial charge on any atom is 0.298 e. The van der Waals surface area contributed by atoms with Crippen LogP contribution in [0.15, 0.2) is 30.5 Å². The normalized spacial score (nSPS) is 10.6. The van der Waals surface area contributed by atoms with Crippen LogP contribution in [0.25, 0.3) is 11.3 Å². The van der Waals surface area contributed by atoms with Gasteiger partial charge in [0.05, 0.1) is 4.92 Å². The molecule has 0 N–H and O–H groups in total. The molecule has 2 rings (SSSR count). The molecule has 1 aromatic heterocycles. The van der Waals surface area contributed by atoms with Crippen molar-refractivity contribution < 1.29 is 4.92 Å². The molecule has 0 aliphatic rings. The van der Waals surface area contributed by atoms with Crippen LogP contribution in [0.4, 0.5) is 5.69 Å². The third-order valence-electron chi connectivity index (χ3n) is 3.54. The highest BCUT2D eigenvalue weighted by Gasteiger charge is 2.23. The Labute approximate surface area is 118 Å². The average molecular weight is 270 g/mol. The molecule has 0 aliphatic heterocycles. The lowest BCUT2D eigenvalue weighted by atomic mass is 9.93. The number of hydrogen-bond acceptors (Lipinski definition) is 3. The Bertz CT molecular complexity index is 629. The van der Waals surface area contributed by atoms with Crippen LogP contribution >= 0.6 is 0 Å².